The molecule has 0 unspecified atom stereocenters. The minimum absolute atomic E-state index is 0.747. The number of para-hydroxylation sites is 1. The van der Waals surface area contributed by atoms with Gasteiger partial charge in [0.1, 0.15) is 0 Å². The lowest BCUT2D eigenvalue weighted by Crippen LogP contribution is -1.95. The van der Waals surface area contributed by atoms with E-state index in [-0.39, 0.29) is 0 Å². The summed E-state index contributed by atoms with van der Waals surface area (Å²) in [5.74, 6) is 1.51. The largest absolute Gasteiger partial charge is 0.493 e. The van der Waals surface area contributed by atoms with Gasteiger partial charge in [-0.2, -0.15) is 0 Å². The van der Waals surface area contributed by atoms with E-state index in [4.69, 9.17) is 9.47 Å². The van der Waals surface area contributed by atoms with Gasteiger partial charge in [-0.3, -0.25) is 0 Å². The molecule has 2 heteroatoms. The molecule has 0 saturated heterocycles. The average Bonchev–Trinajstić information content (AvgIpc) is 2.39. The second kappa shape index (κ2) is 5.39. The summed E-state index contributed by atoms with van der Waals surface area (Å²) in [4.78, 5) is 0. The number of benzene rings is 2. The Bertz CT molecular complexity index is 478. The Labute approximate surface area is 102 Å². The van der Waals surface area contributed by atoms with Gasteiger partial charge >= 0.3 is 0 Å². The van der Waals surface area contributed by atoms with Crippen LogP contribution in [0.3, 0.4) is 0 Å². The Morgan fingerprint density at radius 3 is 2.24 bits per heavy atom. The van der Waals surface area contributed by atoms with Crippen molar-refractivity contribution in [3.8, 4) is 11.5 Å². The highest BCUT2D eigenvalue weighted by Gasteiger charge is 2.09. The Kier molecular flexibility index (Phi) is 3.66. The lowest BCUT2D eigenvalue weighted by Gasteiger charge is -2.12. The summed E-state index contributed by atoms with van der Waals surface area (Å²) in [6.45, 7) is 0. The molecule has 17 heavy (non-hydrogen) atoms. The SMILES string of the molecule is COc1cccc([CH]c2ccccc2)c1OC. The molecule has 2 aromatic carbocycles. The van der Waals surface area contributed by atoms with E-state index >= 15 is 0 Å². The van der Waals surface area contributed by atoms with Crippen LogP contribution in [0.5, 0.6) is 11.5 Å². The summed E-state index contributed by atoms with van der Waals surface area (Å²) in [6.07, 6.45) is 2.07. The van der Waals surface area contributed by atoms with Crippen molar-refractivity contribution in [2.75, 3.05) is 14.2 Å². The average molecular weight is 227 g/mol. The highest BCUT2D eigenvalue weighted by atomic mass is 16.5. The van der Waals surface area contributed by atoms with E-state index in [1.807, 2.05) is 36.4 Å². The van der Waals surface area contributed by atoms with E-state index in [1.54, 1.807) is 14.2 Å². The van der Waals surface area contributed by atoms with Gasteiger partial charge in [-0.1, -0.05) is 42.5 Å². The number of methoxy groups -OCH3 is 2. The molecule has 0 aliphatic heterocycles. The fraction of sp³-hybridized carbons (Fsp3) is 0.133. The topological polar surface area (TPSA) is 18.5 Å². The number of rotatable bonds is 4. The van der Waals surface area contributed by atoms with Gasteiger partial charge in [0.2, 0.25) is 0 Å². The lowest BCUT2D eigenvalue weighted by molar-refractivity contribution is 0.353. The molecule has 0 aromatic heterocycles. The van der Waals surface area contributed by atoms with Crippen LogP contribution < -0.4 is 9.47 Å². The summed E-state index contributed by atoms with van der Waals surface area (Å²) in [6, 6.07) is 16.0. The van der Waals surface area contributed by atoms with Crippen molar-refractivity contribution in [1.82, 2.24) is 0 Å². The summed E-state index contributed by atoms with van der Waals surface area (Å²) < 4.78 is 10.7. The van der Waals surface area contributed by atoms with E-state index in [9.17, 15) is 0 Å². The van der Waals surface area contributed by atoms with E-state index in [1.165, 1.54) is 0 Å². The van der Waals surface area contributed by atoms with Crippen molar-refractivity contribution in [2.24, 2.45) is 0 Å². The molecule has 1 radical (unpaired) electrons. The molecule has 0 spiro atoms. The predicted molar refractivity (Wildman–Crippen MR) is 68.5 cm³/mol. The molecule has 0 amide bonds. The molecular formula is C15H15O2. The Balaban J connectivity index is 2.33. The van der Waals surface area contributed by atoms with Gasteiger partial charge in [0.25, 0.3) is 0 Å². The summed E-state index contributed by atoms with van der Waals surface area (Å²) in [7, 11) is 3.30. The van der Waals surface area contributed by atoms with Crippen molar-refractivity contribution in [3.05, 3.63) is 66.1 Å². The minimum Gasteiger partial charge on any atom is -0.493 e. The second-order valence-electron chi connectivity index (χ2n) is 3.64. The third-order valence-corrected chi connectivity index (χ3v) is 2.56. The fourth-order valence-corrected chi connectivity index (χ4v) is 1.75. The number of ether oxygens (including phenoxy) is 2. The van der Waals surface area contributed by atoms with Crippen molar-refractivity contribution in [3.63, 3.8) is 0 Å². The van der Waals surface area contributed by atoms with Gasteiger partial charge in [-0.05, 0) is 11.6 Å². The van der Waals surface area contributed by atoms with E-state index < -0.39 is 0 Å². The van der Waals surface area contributed by atoms with Crippen LogP contribution in [0.4, 0.5) is 0 Å². The maximum Gasteiger partial charge on any atom is 0.164 e. The summed E-state index contributed by atoms with van der Waals surface area (Å²) >= 11 is 0. The van der Waals surface area contributed by atoms with Gasteiger partial charge in [-0.25, -0.2) is 0 Å². The normalized spacial score (nSPS) is 10.0. The Morgan fingerprint density at radius 2 is 1.59 bits per heavy atom. The van der Waals surface area contributed by atoms with Crippen LogP contribution in [-0.2, 0) is 0 Å². The van der Waals surface area contributed by atoms with Crippen molar-refractivity contribution in [1.29, 1.82) is 0 Å². The molecule has 0 bridgehead atoms. The van der Waals surface area contributed by atoms with Crippen molar-refractivity contribution < 1.29 is 9.47 Å². The molecule has 0 N–H and O–H groups in total. The van der Waals surface area contributed by atoms with Crippen LogP contribution in [0.15, 0.2) is 48.5 Å². The minimum atomic E-state index is 0.747. The first-order valence-electron chi connectivity index (χ1n) is 5.46. The third-order valence-electron chi connectivity index (χ3n) is 2.56. The predicted octanol–water partition coefficient (Wildman–Crippen LogP) is 3.30. The van der Waals surface area contributed by atoms with Gasteiger partial charge in [0.05, 0.1) is 14.2 Å². The van der Waals surface area contributed by atoms with Crippen molar-refractivity contribution in [2.45, 2.75) is 0 Å². The molecular weight excluding hydrogens is 212 g/mol. The molecule has 0 saturated carbocycles. The van der Waals surface area contributed by atoms with Gasteiger partial charge in [-0.15, -0.1) is 0 Å². The molecule has 0 heterocycles. The molecule has 2 nitrogen and oxygen atoms in total. The van der Waals surface area contributed by atoms with Gasteiger partial charge in [0, 0.05) is 12.0 Å². The number of hydrogen-bond donors (Lipinski definition) is 0. The Hall–Kier alpha value is -1.96. The highest BCUT2D eigenvalue weighted by molar-refractivity contribution is 5.53. The van der Waals surface area contributed by atoms with Crippen LogP contribution in [0.25, 0.3) is 0 Å². The second-order valence-corrected chi connectivity index (χ2v) is 3.64. The molecule has 0 aliphatic carbocycles. The summed E-state index contributed by atoms with van der Waals surface area (Å²) in [5.41, 5.74) is 2.15. The highest BCUT2D eigenvalue weighted by Crippen LogP contribution is 2.32. The molecule has 0 aliphatic rings. The fourth-order valence-electron chi connectivity index (χ4n) is 1.75. The number of hydrogen-bond acceptors (Lipinski definition) is 2. The molecule has 87 valence electrons. The lowest BCUT2D eigenvalue weighted by atomic mass is 10.0. The van der Waals surface area contributed by atoms with E-state index in [0.717, 1.165) is 22.6 Å². The standard InChI is InChI=1S/C15H15O2/c1-16-14-10-6-9-13(15(14)17-2)11-12-7-4-3-5-8-12/h3-11H,1-2H3. The summed E-state index contributed by atoms with van der Waals surface area (Å²) in [5, 5.41) is 0. The van der Waals surface area contributed by atoms with Crippen LogP contribution in [0.1, 0.15) is 11.1 Å². The van der Waals surface area contributed by atoms with Crippen LogP contribution in [-0.4, -0.2) is 14.2 Å². The zero-order valence-corrected chi connectivity index (χ0v) is 10.0. The van der Waals surface area contributed by atoms with Crippen LogP contribution in [0, 0.1) is 6.42 Å². The Morgan fingerprint density at radius 1 is 0.824 bits per heavy atom. The molecule has 0 atom stereocenters. The maximum absolute atomic E-state index is 5.38. The van der Waals surface area contributed by atoms with Gasteiger partial charge in [0.15, 0.2) is 11.5 Å². The first kappa shape index (κ1) is 11.5. The first-order chi connectivity index (χ1) is 8.35. The van der Waals surface area contributed by atoms with Crippen molar-refractivity contribution >= 4 is 0 Å². The quantitative estimate of drug-likeness (QED) is 0.797. The maximum atomic E-state index is 5.38. The first-order valence-corrected chi connectivity index (χ1v) is 5.46. The van der Waals surface area contributed by atoms with E-state index in [0.29, 0.717) is 0 Å². The van der Waals surface area contributed by atoms with Crippen LogP contribution in [0.2, 0.25) is 0 Å². The zero-order chi connectivity index (χ0) is 12.1. The van der Waals surface area contributed by atoms with E-state index in [2.05, 4.69) is 18.6 Å². The monoisotopic (exact) mass is 227 g/mol. The third kappa shape index (κ3) is 2.59. The zero-order valence-electron chi connectivity index (χ0n) is 10.0. The van der Waals surface area contributed by atoms with Crippen LogP contribution >= 0.6 is 0 Å². The smallest absolute Gasteiger partial charge is 0.164 e. The molecule has 2 rings (SSSR count). The molecule has 2 aromatic rings. The molecule has 0 fully saturated rings. The van der Waals surface area contributed by atoms with Gasteiger partial charge < -0.3 is 9.47 Å².